The molecular formula is C14H19BrClN3S. The molecule has 1 atom stereocenters. The molecule has 0 aliphatic rings. The number of aromatic nitrogens is 2. The van der Waals surface area contributed by atoms with E-state index < -0.39 is 0 Å². The van der Waals surface area contributed by atoms with Crippen molar-refractivity contribution < 1.29 is 0 Å². The fourth-order valence-corrected chi connectivity index (χ4v) is 3.94. The molecule has 1 N–H and O–H groups in total. The van der Waals surface area contributed by atoms with Gasteiger partial charge in [-0.25, -0.2) is 0 Å². The van der Waals surface area contributed by atoms with Crippen molar-refractivity contribution in [1.82, 2.24) is 15.1 Å². The standard InChI is InChI=1S/C14H19BrClN3S/c1-4-7-17-10(12-5-6-13(15)20-12)8-11-14(16)9(2)18-19(11)3/h5-6,10,17H,4,7-8H2,1-3H3. The van der Waals surface area contributed by atoms with Crippen LogP contribution in [0.1, 0.15) is 35.7 Å². The molecule has 0 saturated carbocycles. The smallest absolute Gasteiger partial charge is 0.0847 e. The molecular weight excluding hydrogens is 358 g/mol. The molecule has 0 aliphatic carbocycles. The number of rotatable bonds is 6. The lowest BCUT2D eigenvalue weighted by molar-refractivity contribution is 0.519. The summed E-state index contributed by atoms with van der Waals surface area (Å²) < 4.78 is 3.05. The third-order valence-corrected chi connectivity index (χ3v) is 5.47. The Morgan fingerprint density at radius 1 is 1.50 bits per heavy atom. The highest BCUT2D eigenvalue weighted by atomic mass is 79.9. The van der Waals surface area contributed by atoms with Crippen molar-refractivity contribution in [3.05, 3.63) is 37.2 Å². The van der Waals surface area contributed by atoms with Crippen LogP contribution in [-0.2, 0) is 13.5 Å². The number of aryl methyl sites for hydroxylation is 2. The van der Waals surface area contributed by atoms with Gasteiger partial charge < -0.3 is 5.32 Å². The lowest BCUT2D eigenvalue weighted by atomic mass is 10.1. The van der Waals surface area contributed by atoms with Crippen molar-refractivity contribution in [3.63, 3.8) is 0 Å². The third-order valence-electron chi connectivity index (χ3n) is 3.24. The van der Waals surface area contributed by atoms with Crippen molar-refractivity contribution in [2.45, 2.75) is 32.7 Å². The summed E-state index contributed by atoms with van der Waals surface area (Å²) in [5.74, 6) is 0. The number of hydrogen-bond acceptors (Lipinski definition) is 3. The molecule has 0 fully saturated rings. The van der Waals surface area contributed by atoms with Gasteiger partial charge >= 0.3 is 0 Å². The first-order valence-corrected chi connectivity index (χ1v) is 8.68. The second-order valence-electron chi connectivity index (χ2n) is 4.82. The van der Waals surface area contributed by atoms with Gasteiger partial charge in [0, 0.05) is 24.4 Å². The summed E-state index contributed by atoms with van der Waals surface area (Å²) in [6.07, 6.45) is 1.96. The predicted octanol–water partition coefficient (Wildman–Crippen LogP) is 4.49. The van der Waals surface area contributed by atoms with Gasteiger partial charge in [-0.3, -0.25) is 4.68 Å². The average Bonchev–Trinajstić information content (AvgIpc) is 2.93. The molecule has 6 heteroatoms. The molecule has 0 bridgehead atoms. The van der Waals surface area contributed by atoms with Crippen molar-refractivity contribution in [2.75, 3.05) is 6.54 Å². The fraction of sp³-hybridized carbons (Fsp3) is 0.500. The molecule has 0 aliphatic heterocycles. The number of nitrogens with one attached hydrogen (secondary N) is 1. The van der Waals surface area contributed by atoms with Crippen molar-refractivity contribution in [2.24, 2.45) is 7.05 Å². The van der Waals surface area contributed by atoms with Gasteiger partial charge in [-0.1, -0.05) is 18.5 Å². The van der Waals surface area contributed by atoms with E-state index in [2.05, 4.69) is 45.4 Å². The van der Waals surface area contributed by atoms with Crippen LogP contribution in [-0.4, -0.2) is 16.3 Å². The fourth-order valence-electron chi connectivity index (χ4n) is 2.20. The van der Waals surface area contributed by atoms with Gasteiger partial charge in [-0.05, 0) is 48.0 Å². The monoisotopic (exact) mass is 375 g/mol. The van der Waals surface area contributed by atoms with Crippen LogP contribution >= 0.6 is 38.9 Å². The molecule has 2 heterocycles. The average molecular weight is 377 g/mol. The topological polar surface area (TPSA) is 29.9 Å². The van der Waals surface area contributed by atoms with Crippen LogP contribution in [0.2, 0.25) is 5.02 Å². The Kier molecular flexibility index (Phi) is 5.66. The maximum Gasteiger partial charge on any atom is 0.0847 e. The lowest BCUT2D eigenvalue weighted by Crippen LogP contribution is -2.24. The number of nitrogens with zero attached hydrogens (tertiary/aromatic N) is 2. The minimum absolute atomic E-state index is 0.276. The Labute approximate surface area is 137 Å². The molecule has 0 amide bonds. The van der Waals surface area contributed by atoms with Gasteiger partial charge in [-0.15, -0.1) is 11.3 Å². The van der Waals surface area contributed by atoms with Crippen LogP contribution in [0.4, 0.5) is 0 Å². The number of hydrogen-bond donors (Lipinski definition) is 1. The first-order valence-electron chi connectivity index (χ1n) is 6.69. The highest BCUT2D eigenvalue weighted by molar-refractivity contribution is 9.11. The van der Waals surface area contributed by atoms with E-state index in [0.29, 0.717) is 0 Å². The molecule has 0 radical (unpaired) electrons. The largest absolute Gasteiger partial charge is 0.309 e. The maximum absolute atomic E-state index is 6.37. The highest BCUT2D eigenvalue weighted by Gasteiger charge is 2.19. The van der Waals surface area contributed by atoms with Gasteiger partial charge in [0.2, 0.25) is 0 Å². The number of halogens is 2. The number of thiophene rings is 1. The summed E-state index contributed by atoms with van der Waals surface area (Å²) in [5.41, 5.74) is 1.98. The molecule has 0 saturated heterocycles. The van der Waals surface area contributed by atoms with Gasteiger partial charge in [0.05, 0.1) is 20.2 Å². The highest BCUT2D eigenvalue weighted by Crippen LogP contribution is 2.31. The summed E-state index contributed by atoms with van der Waals surface area (Å²) in [5, 5.41) is 8.78. The Bertz CT molecular complexity index is 579. The third kappa shape index (κ3) is 3.64. The quantitative estimate of drug-likeness (QED) is 0.805. The summed E-state index contributed by atoms with van der Waals surface area (Å²) in [6, 6.07) is 4.54. The van der Waals surface area contributed by atoms with Crippen LogP contribution in [0.25, 0.3) is 0 Å². The van der Waals surface area contributed by atoms with E-state index in [4.69, 9.17) is 11.6 Å². The lowest BCUT2D eigenvalue weighted by Gasteiger charge is -2.17. The minimum Gasteiger partial charge on any atom is -0.309 e. The van der Waals surface area contributed by atoms with E-state index in [9.17, 15) is 0 Å². The normalized spacial score (nSPS) is 12.8. The second-order valence-corrected chi connectivity index (χ2v) is 7.69. The summed E-state index contributed by atoms with van der Waals surface area (Å²) in [4.78, 5) is 1.32. The zero-order valence-corrected chi connectivity index (χ0v) is 15.1. The molecule has 0 spiro atoms. The minimum atomic E-state index is 0.276. The van der Waals surface area contributed by atoms with Gasteiger partial charge in [-0.2, -0.15) is 5.10 Å². The van der Waals surface area contributed by atoms with Gasteiger partial charge in [0.1, 0.15) is 0 Å². The maximum atomic E-state index is 6.37. The van der Waals surface area contributed by atoms with E-state index >= 15 is 0 Å². The zero-order chi connectivity index (χ0) is 14.7. The molecule has 110 valence electrons. The zero-order valence-electron chi connectivity index (χ0n) is 11.9. The molecule has 20 heavy (non-hydrogen) atoms. The van der Waals surface area contributed by atoms with Crippen molar-refractivity contribution in [3.8, 4) is 0 Å². The Balaban J connectivity index is 2.23. The van der Waals surface area contributed by atoms with E-state index in [1.54, 1.807) is 11.3 Å². The Hall–Kier alpha value is -0.360. The van der Waals surface area contributed by atoms with Crippen LogP contribution < -0.4 is 5.32 Å². The second kappa shape index (κ2) is 7.07. The van der Waals surface area contributed by atoms with E-state index in [1.165, 1.54) is 4.88 Å². The summed E-state index contributed by atoms with van der Waals surface area (Å²) >= 11 is 11.7. The molecule has 3 nitrogen and oxygen atoms in total. The molecule has 2 aromatic rings. The van der Waals surface area contributed by atoms with Crippen LogP contribution in [0, 0.1) is 6.92 Å². The molecule has 2 rings (SSSR count). The predicted molar refractivity (Wildman–Crippen MR) is 89.7 cm³/mol. The summed E-state index contributed by atoms with van der Waals surface area (Å²) in [7, 11) is 1.95. The van der Waals surface area contributed by atoms with Crippen LogP contribution in [0.15, 0.2) is 15.9 Å². The van der Waals surface area contributed by atoms with Crippen LogP contribution in [0.5, 0.6) is 0 Å². The molecule has 1 unspecified atom stereocenters. The Morgan fingerprint density at radius 3 is 2.75 bits per heavy atom. The first kappa shape index (κ1) is 16.0. The molecule has 2 aromatic heterocycles. The van der Waals surface area contributed by atoms with E-state index in [0.717, 1.165) is 39.6 Å². The Morgan fingerprint density at radius 2 is 2.25 bits per heavy atom. The van der Waals surface area contributed by atoms with Crippen molar-refractivity contribution in [1.29, 1.82) is 0 Å². The van der Waals surface area contributed by atoms with E-state index in [-0.39, 0.29) is 6.04 Å². The summed E-state index contributed by atoms with van der Waals surface area (Å²) in [6.45, 7) is 5.12. The van der Waals surface area contributed by atoms with Crippen LogP contribution in [0.3, 0.4) is 0 Å². The van der Waals surface area contributed by atoms with Gasteiger partial charge in [0.25, 0.3) is 0 Å². The first-order chi connectivity index (χ1) is 9.52. The van der Waals surface area contributed by atoms with Crippen molar-refractivity contribution >= 4 is 38.9 Å². The SMILES string of the molecule is CCCNC(Cc1c(Cl)c(C)nn1C)c1ccc(Br)s1. The van der Waals surface area contributed by atoms with E-state index in [1.807, 2.05) is 18.7 Å². The van der Waals surface area contributed by atoms with Gasteiger partial charge in [0.15, 0.2) is 0 Å². The molecule has 0 aromatic carbocycles.